The molecule has 8 heteroatoms. The van der Waals surface area contributed by atoms with E-state index in [0.29, 0.717) is 6.54 Å². The smallest absolute Gasteiger partial charge is 0.310 e. The van der Waals surface area contributed by atoms with Crippen molar-refractivity contribution in [2.45, 2.75) is 13.0 Å². The largest absolute Gasteiger partial charge is 0.469 e. The summed E-state index contributed by atoms with van der Waals surface area (Å²) in [5.74, 6) is 0.885. The summed E-state index contributed by atoms with van der Waals surface area (Å²) in [6.45, 7) is 4.32. The van der Waals surface area contributed by atoms with Gasteiger partial charge in [0.2, 0.25) is 0 Å². The van der Waals surface area contributed by atoms with Gasteiger partial charge in [-0.25, -0.2) is 0 Å². The number of guanidine groups is 1. The molecule has 1 fully saturated rings. The van der Waals surface area contributed by atoms with Crippen LogP contribution in [0.25, 0.3) is 0 Å². The number of carbonyl (C=O) groups excluding carboxylic acids is 1. The van der Waals surface area contributed by atoms with Gasteiger partial charge < -0.3 is 19.9 Å². The summed E-state index contributed by atoms with van der Waals surface area (Å²) in [4.78, 5) is 22.0. The second-order valence-corrected chi connectivity index (χ2v) is 7.41. The van der Waals surface area contributed by atoms with Gasteiger partial charge in [0.1, 0.15) is 0 Å². The Labute approximate surface area is 171 Å². The number of rotatable bonds is 5. The SMILES string of the molecule is CN=C(NCC(c1cccs1)N(C)C)N1CC(C)C(C(=O)OC)C1.I. The molecule has 0 radical (unpaired) electrons. The van der Waals surface area contributed by atoms with Crippen LogP contribution >= 0.6 is 35.3 Å². The summed E-state index contributed by atoms with van der Waals surface area (Å²) < 4.78 is 4.91. The lowest BCUT2D eigenvalue weighted by Crippen LogP contribution is -2.43. The summed E-state index contributed by atoms with van der Waals surface area (Å²) in [7, 11) is 7.40. The zero-order valence-corrected chi connectivity index (χ0v) is 18.7. The minimum Gasteiger partial charge on any atom is -0.469 e. The monoisotopic (exact) mass is 480 g/mol. The number of nitrogens with one attached hydrogen (secondary N) is 1. The van der Waals surface area contributed by atoms with Gasteiger partial charge in [0.25, 0.3) is 0 Å². The molecule has 0 amide bonds. The molecule has 1 aliphatic heterocycles. The van der Waals surface area contributed by atoms with Gasteiger partial charge in [0.15, 0.2) is 5.96 Å². The van der Waals surface area contributed by atoms with E-state index in [4.69, 9.17) is 4.74 Å². The van der Waals surface area contributed by atoms with Crippen molar-refractivity contribution in [2.24, 2.45) is 16.8 Å². The Morgan fingerprint density at radius 3 is 2.76 bits per heavy atom. The minimum absolute atomic E-state index is 0. The van der Waals surface area contributed by atoms with Gasteiger partial charge >= 0.3 is 5.97 Å². The van der Waals surface area contributed by atoms with Gasteiger partial charge in [-0.1, -0.05) is 13.0 Å². The van der Waals surface area contributed by atoms with E-state index in [1.165, 1.54) is 12.0 Å². The summed E-state index contributed by atoms with van der Waals surface area (Å²) in [6, 6.07) is 4.53. The van der Waals surface area contributed by atoms with Crippen molar-refractivity contribution in [1.82, 2.24) is 15.1 Å². The predicted octanol–water partition coefficient (Wildman–Crippen LogP) is 2.29. The maximum absolute atomic E-state index is 11.9. The van der Waals surface area contributed by atoms with Gasteiger partial charge in [-0.05, 0) is 31.5 Å². The first-order chi connectivity index (χ1) is 11.5. The third-order valence-electron chi connectivity index (χ3n) is 4.58. The van der Waals surface area contributed by atoms with Gasteiger partial charge in [-0.2, -0.15) is 0 Å². The molecule has 1 N–H and O–H groups in total. The number of likely N-dealkylation sites (tertiary alicyclic amines) is 1. The normalized spacial score (nSPS) is 21.8. The molecule has 0 bridgehead atoms. The number of thiophene rings is 1. The van der Waals surface area contributed by atoms with E-state index in [-0.39, 0.29) is 47.8 Å². The fourth-order valence-corrected chi connectivity index (χ4v) is 4.06. The van der Waals surface area contributed by atoms with Crippen LogP contribution < -0.4 is 5.32 Å². The van der Waals surface area contributed by atoms with E-state index in [0.717, 1.165) is 19.0 Å². The van der Waals surface area contributed by atoms with Crippen LogP contribution in [0.3, 0.4) is 0 Å². The maximum Gasteiger partial charge on any atom is 0.310 e. The molecule has 2 rings (SSSR count). The number of hydrogen-bond donors (Lipinski definition) is 1. The third-order valence-corrected chi connectivity index (χ3v) is 5.55. The Balaban J connectivity index is 0.00000312. The highest BCUT2D eigenvalue weighted by Gasteiger charge is 2.37. The summed E-state index contributed by atoms with van der Waals surface area (Å²) >= 11 is 1.76. The molecule has 25 heavy (non-hydrogen) atoms. The highest BCUT2D eigenvalue weighted by Crippen LogP contribution is 2.25. The third kappa shape index (κ3) is 5.55. The average molecular weight is 480 g/mol. The van der Waals surface area contributed by atoms with E-state index in [2.05, 4.69) is 58.6 Å². The van der Waals surface area contributed by atoms with Gasteiger partial charge in [-0.15, -0.1) is 35.3 Å². The fourth-order valence-electron chi connectivity index (χ4n) is 3.14. The first-order valence-electron chi connectivity index (χ1n) is 8.21. The van der Waals surface area contributed by atoms with E-state index >= 15 is 0 Å². The molecule has 2 heterocycles. The van der Waals surface area contributed by atoms with Crippen molar-refractivity contribution < 1.29 is 9.53 Å². The van der Waals surface area contributed by atoms with Crippen LogP contribution in [-0.4, -0.2) is 69.6 Å². The molecule has 0 saturated carbocycles. The number of nitrogens with zero attached hydrogens (tertiary/aromatic N) is 3. The number of halogens is 1. The zero-order chi connectivity index (χ0) is 17.7. The van der Waals surface area contributed by atoms with Gasteiger partial charge in [-0.3, -0.25) is 9.79 Å². The first kappa shape index (κ1) is 22.2. The summed E-state index contributed by atoms with van der Waals surface area (Å²) in [5.41, 5.74) is 0. The Kier molecular flexibility index (Phi) is 9.15. The van der Waals surface area contributed by atoms with E-state index in [9.17, 15) is 4.79 Å². The molecule has 1 saturated heterocycles. The lowest BCUT2D eigenvalue weighted by atomic mass is 9.99. The van der Waals surface area contributed by atoms with Crippen molar-refractivity contribution in [3.8, 4) is 0 Å². The van der Waals surface area contributed by atoms with E-state index in [1.54, 1.807) is 18.4 Å². The van der Waals surface area contributed by atoms with Crippen molar-refractivity contribution in [3.05, 3.63) is 22.4 Å². The Morgan fingerprint density at radius 2 is 2.24 bits per heavy atom. The molecule has 142 valence electrons. The first-order valence-corrected chi connectivity index (χ1v) is 9.09. The molecule has 1 aliphatic rings. The number of ether oxygens (including phenoxy) is 1. The summed E-state index contributed by atoms with van der Waals surface area (Å²) in [6.07, 6.45) is 0. The highest BCUT2D eigenvalue weighted by atomic mass is 127. The molecule has 3 unspecified atom stereocenters. The Morgan fingerprint density at radius 1 is 1.52 bits per heavy atom. The van der Waals surface area contributed by atoms with E-state index < -0.39 is 0 Å². The van der Waals surface area contributed by atoms with Gasteiger partial charge in [0.05, 0.1) is 19.1 Å². The molecule has 0 aromatic carbocycles. The van der Waals surface area contributed by atoms with Crippen LogP contribution in [0.15, 0.2) is 22.5 Å². The molecule has 6 nitrogen and oxygen atoms in total. The molecule has 0 spiro atoms. The topological polar surface area (TPSA) is 57.2 Å². The molecule has 1 aromatic rings. The zero-order valence-electron chi connectivity index (χ0n) is 15.6. The van der Waals surface area contributed by atoms with Crippen LogP contribution in [0.2, 0.25) is 0 Å². The minimum atomic E-state index is -0.134. The Bertz CT molecular complexity index is 565. The number of likely N-dealkylation sites (N-methyl/N-ethyl adjacent to an activating group) is 1. The maximum atomic E-state index is 11.9. The molecule has 1 aromatic heterocycles. The van der Waals surface area contributed by atoms with E-state index in [1.807, 2.05) is 0 Å². The van der Waals surface area contributed by atoms with Crippen LogP contribution in [0.5, 0.6) is 0 Å². The van der Waals surface area contributed by atoms with Crippen molar-refractivity contribution in [3.63, 3.8) is 0 Å². The second-order valence-electron chi connectivity index (χ2n) is 6.43. The quantitative estimate of drug-likeness (QED) is 0.304. The number of hydrogen-bond acceptors (Lipinski definition) is 5. The van der Waals surface area contributed by atoms with Crippen LogP contribution in [0, 0.1) is 11.8 Å². The molecule has 3 atom stereocenters. The van der Waals surface area contributed by atoms with Crippen LogP contribution in [0.4, 0.5) is 0 Å². The average Bonchev–Trinajstić information content (AvgIpc) is 3.20. The number of carbonyl (C=O) groups is 1. The molecular formula is C17H29IN4O2S. The van der Waals surface area contributed by atoms with Crippen LogP contribution in [-0.2, 0) is 9.53 Å². The molecular weight excluding hydrogens is 451 g/mol. The van der Waals surface area contributed by atoms with Crippen molar-refractivity contribution >= 4 is 47.2 Å². The lowest BCUT2D eigenvalue weighted by molar-refractivity contribution is -0.145. The predicted molar refractivity (Wildman–Crippen MR) is 114 cm³/mol. The standard InChI is InChI=1S/C17H28N4O2S.HI/c1-12-10-21(11-13(12)16(22)23-5)17(18-2)19-9-14(20(3)4)15-7-6-8-24-15;/h6-8,12-14H,9-11H2,1-5H3,(H,18,19);1H. The lowest BCUT2D eigenvalue weighted by Gasteiger charge is -2.27. The van der Waals surface area contributed by atoms with Gasteiger partial charge in [0, 0.05) is 31.6 Å². The highest BCUT2D eigenvalue weighted by molar-refractivity contribution is 14.0. The number of esters is 1. The van der Waals surface area contributed by atoms with Crippen LogP contribution in [0.1, 0.15) is 17.8 Å². The molecule has 0 aliphatic carbocycles. The van der Waals surface area contributed by atoms with Crippen molar-refractivity contribution in [1.29, 1.82) is 0 Å². The Hall–Kier alpha value is -0.870. The second kappa shape index (κ2) is 10.3. The fraction of sp³-hybridized carbons (Fsp3) is 0.647. The summed E-state index contributed by atoms with van der Waals surface area (Å²) in [5, 5.41) is 5.57. The number of aliphatic imine (C=N–C) groups is 1. The van der Waals surface area contributed by atoms with Crippen molar-refractivity contribution in [2.75, 3.05) is 47.9 Å². The number of methoxy groups -OCH3 is 1.